The van der Waals surface area contributed by atoms with Crippen LogP contribution in [0.5, 0.6) is 0 Å². The van der Waals surface area contributed by atoms with E-state index in [1.54, 1.807) is 0 Å². The lowest BCUT2D eigenvalue weighted by Crippen LogP contribution is -2.13. The van der Waals surface area contributed by atoms with Crippen LogP contribution in [-0.4, -0.2) is 16.9 Å². The van der Waals surface area contributed by atoms with E-state index in [0.717, 1.165) is 38.5 Å². The molecule has 1 aromatic rings. The zero-order valence-electron chi connectivity index (χ0n) is 14.5. The number of hydrogen-bond acceptors (Lipinski definition) is 2. The number of allylic oxidation sites excluding steroid dienone is 1. The highest BCUT2D eigenvalue weighted by atomic mass is 16.4. The molecule has 0 radical (unpaired) electrons. The van der Waals surface area contributed by atoms with E-state index in [0.29, 0.717) is 18.1 Å². The Balaban J connectivity index is 1.79. The van der Waals surface area contributed by atoms with Crippen molar-refractivity contribution in [3.05, 3.63) is 41.5 Å². The van der Waals surface area contributed by atoms with E-state index in [9.17, 15) is 9.59 Å². The lowest BCUT2D eigenvalue weighted by molar-refractivity contribution is -0.137. The lowest BCUT2D eigenvalue weighted by Gasteiger charge is -2.14. The first-order valence-electron chi connectivity index (χ1n) is 9.05. The van der Waals surface area contributed by atoms with Crippen molar-refractivity contribution < 1.29 is 14.7 Å². The van der Waals surface area contributed by atoms with E-state index in [1.807, 2.05) is 0 Å². The average molecular weight is 328 g/mol. The third-order valence-electron chi connectivity index (χ3n) is 4.89. The molecule has 3 heteroatoms. The van der Waals surface area contributed by atoms with E-state index >= 15 is 0 Å². The number of carboxylic acids is 1. The summed E-state index contributed by atoms with van der Waals surface area (Å²) >= 11 is 0. The van der Waals surface area contributed by atoms with E-state index < -0.39 is 5.97 Å². The molecule has 0 aliphatic heterocycles. The minimum absolute atomic E-state index is 0.158. The van der Waals surface area contributed by atoms with Crippen molar-refractivity contribution in [1.82, 2.24) is 0 Å². The van der Waals surface area contributed by atoms with Gasteiger partial charge in [0.2, 0.25) is 0 Å². The SMILES string of the molecule is Cc1cccc(/C=C/C2CCC(=O)C2CCCCCCC(=O)O)c1. The molecule has 0 saturated heterocycles. The molecule has 0 amide bonds. The first kappa shape index (κ1) is 18.4. The lowest BCUT2D eigenvalue weighted by atomic mass is 9.89. The van der Waals surface area contributed by atoms with Crippen LogP contribution in [0.15, 0.2) is 30.3 Å². The van der Waals surface area contributed by atoms with Crippen molar-refractivity contribution in [3.63, 3.8) is 0 Å². The molecule has 1 N–H and O–H groups in total. The van der Waals surface area contributed by atoms with Gasteiger partial charge in [-0.3, -0.25) is 9.59 Å². The largest absolute Gasteiger partial charge is 0.481 e. The Kier molecular flexibility index (Phi) is 7.23. The Labute approximate surface area is 144 Å². The van der Waals surface area contributed by atoms with Gasteiger partial charge in [0.15, 0.2) is 0 Å². The third-order valence-corrected chi connectivity index (χ3v) is 4.89. The van der Waals surface area contributed by atoms with Crippen LogP contribution in [0.3, 0.4) is 0 Å². The number of aliphatic carboxylic acids is 1. The minimum atomic E-state index is -0.720. The average Bonchev–Trinajstić information content (AvgIpc) is 2.89. The molecule has 3 nitrogen and oxygen atoms in total. The highest BCUT2D eigenvalue weighted by Gasteiger charge is 2.32. The smallest absolute Gasteiger partial charge is 0.303 e. The summed E-state index contributed by atoms with van der Waals surface area (Å²) in [5, 5.41) is 8.63. The van der Waals surface area contributed by atoms with E-state index in [2.05, 4.69) is 43.3 Å². The molecule has 2 unspecified atom stereocenters. The summed E-state index contributed by atoms with van der Waals surface area (Å²) in [6.07, 6.45) is 10.9. The summed E-state index contributed by atoms with van der Waals surface area (Å²) in [6.45, 7) is 2.09. The molecule has 0 bridgehead atoms. The van der Waals surface area contributed by atoms with Gasteiger partial charge in [0.1, 0.15) is 5.78 Å². The maximum absolute atomic E-state index is 12.1. The van der Waals surface area contributed by atoms with E-state index in [4.69, 9.17) is 5.11 Å². The second kappa shape index (κ2) is 9.41. The molecule has 0 spiro atoms. The van der Waals surface area contributed by atoms with Gasteiger partial charge in [-0.25, -0.2) is 0 Å². The van der Waals surface area contributed by atoms with Crippen LogP contribution < -0.4 is 0 Å². The molecule has 2 atom stereocenters. The number of rotatable bonds is 9. The Bertz CT molecular complexity index is 589. The molecule has 1 aliphatic rings. The molecule has 1 aliphatic carbocycles. The Morgan fingerprint density at radius 3 is 2.79 bits per heavy atom. The molecule has 130 valence electrons. The first-order chi connectivity index (χ1) is 11.6. The number of Topliss-reactive ketones (excluding diaryl/α,β-unsaturated/α-hetero) is 1. The zero-order valence-corrected chi connectivity index (χ0v) is 14.5. The summed E-state index contributed by atoms with van der Waals surface area (Å²) in [4.78, 5) is 22.6. The second-order valence-electron chi connectivity index (χ2n) is 6.90. The summed E-state index contributed by atoms with van der Waals surface area (Å²) in [7, 11) is 0. The number of aryl methyl sites for hydroxylation is 1. The predicted molar refractivity (Wildman–Crippen MR) is 96.8 cm³/mol. The molecule has 24 heavy (non-hydrogen) atoms. The van der Waals surface area contributed by atoms with Gasteiger partial charge in [-0.05, 0) is 37.7 Å². The number of ketones is 1. The third kappa shape index (κ3) is 5.95. The quantitative estimate of drug-likeness (QED) is 0.647. The normalized spacial score (nSPS) is 20.8. The van der Waals surface area contributed by atoms with Gasteiger partial charge in [0.25, 0.3) is 0 Å². The second-order valence-corrected chi connectivity index (χ2v) is 6.90. The van der Waals surface area contributed by atoms with Crippen molar-refractivity contribution in [2.24, 2.45) is 11.8 Å². The van der Waals surface area contributed by atoms with Gasteiger partial charge < -0.3 is 5.11 Å². The minimum Gasteiger partial charge on any atom is -0.481 e. The number of carbonyl (C=O) groups is 2. The Hall–Kier alpha value is -1.90. The highest BCUT2D eigenvalue weighted by molar-refractivity contribution is 5.84. The van der Waals surface area contributed by atoms with Crippen LogP contribution >= 0.6 is 0 Å². The Morgan fingerprint density at radius 1 is 1.25 bits per heavy atom. The van der Waals surface area contributed by atoms with Crippen LogP contribution in [0.2, 0.25) is 0 Å². The standard InChI is InChI=1S/C21H28O3/c1-16-7-6-8-17(15-16)11-12-18-13-14-20(22)19(18)9-4-2-3-5-10-21(23)24/h6-8,11-12,15,18-19H,2-5,9-10,13-14H2,1H3,(H,23,24)/b12-11+. The summed E-state index contributed by atoms with van der Waals surface area (Å²) < 4.78 is 0. The first-order valence-corrected chi connectivity index (χ1v) is 9.05. The molecule has 0 aromatic heterocycles. The van der Waals surface area contributed by atoms with Crippen molar-refractivity contribution in [2.75, 3.05) is 0 Å². The maximum Gasteiger partial charge on any atom is 0.303 e. The van der Waals surface area contributed by atoms with Crippen molar-refractivity contribution in [3.8, 4) is 0 Å². The summed E-state index contributed by atoms with van der Waals surface area (Å²) in [5.41, 5.74) is 2.44. The van der Waals surface area contributed by atoms with Gasteiger partial charge in [-0.2, -0.15) is 0 Å². The van der Waals surface area contributed by atoms with Crippen LogP contribution in [0.4, 0.5) is 0 Å². The van der Waals surface area contributed by atoms with Crippen LogP contribution in [0.1, 0.15) is 62.5 Å². The number of unbranched alkanes of at least 4 members (excludes halogenated alkanes) is 3. The van der Waals surface area contributed by atoms with Crippen LogP contribution in [-0.2, 0) is 9.59 Å². The number of carbonyl (C=O) groups excluding carboxylic acids is 1. The number of benzene rings is 1. The van der Waals surface area contributed by atoms with Crippen LogP contribution in [0, 0.1) is 18.8 Å². The molecule has 2 rings (SSSR count). The van der Waals surface area contributed by atoms with Gasteiger partial charge >= 0.3 is 5.97 Å². The molecular formula is C21H28O3. The van der Waals surface area contributed by atoms with Crippen molar-refractivity contribution in [1.29, 1.82) is 0 Å². The maximum atomic E-state index is 12.1. The fraction of sp³-hybridized carbons (Fsp3) is 0.524. The summed E-state index contributed by atoms with van der Waals surface area (Å²) in [6, 6.07) is 8.40. The number of hydrogen-bond donors (Lipinski definition) is 1. The molecular weight excluding hydrogens is 300 g/mol. The van der Waals surface area contributed by atoms with Crippen molar-refractivity contribution in [2.45, 2.75) is 58.3 Å². The fourth-order valence-corrected chi connectivity index (χ4v) is 3.54. The van der Waals surface area contributed by atoms with Gasteiger partial charge in [-0.15, -0.1) is 0 Å². The summed E-state index contributed by atoms with van der Waals surface area (Å²) in [5.74, 6) is 0.198. The zero-order chi connectivity index (χ0) is 17.4. The topological polar surface area (TPSA) is 54.4 Å². The van der Waals surface area contributed by atoms with Crippen molar-refractivity contribution >= 4 is 17.8 Å². The Morgan fingerprint density at radius 2 is 2.04 bits per heavy atom. The number of carboxylic acid groups (broad SMARTS) is 1. The van der Waals surface area contributed by atoms with Crippen LogP contribution in [0.25, 0.3) is 6.08 Å². The monoisotopic (exact) mass is 328 g/mol. The predicted octanol–water partition coefficient (Wildman–Crippen LogP) is 5.03. The molecule has 1 aromatic carbocycles. The molecule has 0 heterocycles. The molecule has 1 fully saturated rings. The molecule has 1 saturated carbocycles. The fourth-order valence-electron chi connectivity index (χ4n) is 3.54. The highest BCUT2D eigenvalue weighted by Crippen LogP contribution is 2.34. The van der Waals surface area contributed by atoms with E-state index in [1.165, 1.54) is 11.1 Å². The van der Waals surface area contributed by atoms with Gasteiger partial charge in [0, 0.05) is 18.8 Å². The van der Waals surface area contributed by atoms with Gasteiger partial charge in [0.05, 0.1) is 0 Å². The van der Waals surface area contributed by atoms with Gasteiger partial charge in [-0.1, -0.05) is 61.2 Å². The van der Waals surface area contributed by atoms with E-state index in [-0.39, 0.29) is 12.3 Å².